The summed E-state index contributed by atoms with van der Waals surface area (Å²) in [5, 5.41) is 5.58. The minimum atomic E-state index is -0.275. The molecule has 0 aliphatic carbocycles. The summed E-state index contributed by atoms with van der Waals surface area (Å²) in [6, 6.07) is 4.80. The number of hydrogen-bond donors (Lipinski definition) is 2. The minimum absolute atomic E-state index is 0.0445. The molecule has 0 radical (unpaired) electrons. The summed E-state index contributed by atoms with van der Waals surface area (Å²) in [4.78, 5) is 25.8. The predicted octanol–water partition coefficient (Wildman–Crippen LogP) is 1.14. The first-order chi connectivity index (χ1) is 12.1. The van der Waals surface area contributed by atoms with Gasteiger partial charge in [-0.3, -0.25) is 4.79 Å². The van der Waals surface area contributed by atoms with Crippen LogP contribution in [0.25, 0.3) is 0 Å². The Morgan fingerprint density at radius 3 is 2.68 bits per heavy atom. The Hall–Kier alpha value is -2.48. The van der Waals surface area contributed by atoms with E-state index in [1.807, 2.05) is 0 Å². The quantitative estimate of drug-likeness (QED) is 0.686. The lowest BCUT2D eigenvalue weighted by molar-refractivity contribution is -0.117. The monoisotopic (exact) mass is 351 g/mol. The summed E-state index contributed by atoms with van der Waals surface area (Å²) in [5.41, 5.74) is 0.715. The third kappa shape index (κ3) is 4.99. The lowest BCUT2D eigenvalue weighted by Crippen LogP contribution is -2.43. The molecule has 0 spiro atoms. The molecule has 8 nitrogen and oxygen atoms in total. The molecule has 2 rings (SSSR count). The highest BCUT2D eigenvalue weighted by Crippen LogP contribution is 2.33. The van der Waals surface area contributed by atoms with Crippen LogP contribution < -0.4 is 25.0 Å². The van der Waals surface area contributed by atoms with Crippen LogP contribution in [0.2, 0.25) is 0 Å². The Balaban J connectivity index is 1.92. The third-order valence-electron chi connectivity index (χ3n) is 3.95. The zero-order valence-electron chi connectivity index (χ0n) is 14.8. The number of urea groups is 1. The number of rotatable bonds is 8. The number of nitrogens with zero attached hydrogens (tertiary/aromatic N) is 1. The zero-order chi connectivity index (χ0) is 18.2. The Bertz CT molecular complexity index is 608. The molecule has 1 atom stereocenters. The van der Waals surface area contributed by atoms with Gasteiger partial charge in [0.1, 0.15) is 0 Å². The number of carbonyl (C=O) groups is 2. The van der Waals surface area contributed by atoms with Crippen LogP contribution in [0.15, 0.2) is 18.2 Å². The van der Waals surface area contributed by atoms with Gasteiger partial charge in [-0.25, -0.2) is 4.79 Å². The van der Waals surface area contributed by atoms with E-state index in [2.05, 4.69) is 10.6 Å². The maximum atomic E-state index is 12.3. The lowest BCUT2D eigenvalue weighted by atomic mass is 10.2. The molecule has 1 aromatic carbocycles. The second-order valence-corrected chi connectivity index (χ2v) is 5.69. The first kappa shape index (κ1) is 18.9. The molecule has 3 amide bonds. The number of carbonyl (C=O) groups excluding carboxylic acids is 2. The van der Waals surface area contributed by atoms with Crippen LogP contribution in [-0.4, -0.2) is 59.0 Å². The van der Waals surface area contributed by atoms with Crippen molar-refractivity contribution >= 4 is 17.6 Å². The van der Waals surface area contributed by atoms with Gasteiger partial charge in [0.2, 0.25) is 5.91 Å². The molecule has 1 fully saturated rings. The van der Waals surface area contributed by atoms with E-state index < -0.39 is 0 Å². The van der Waals surface area contributed by atoms with Gasteiger partial charge in [0.15, 0.2) is 11.5 Å². The summed E-state index contributed by atoms with van der Waals surface area (Å²) in [7, 11) is 4.72. The van der Waals surface area contributed by atoms with Crippen molar-refractivity contribution in [2.45, 2.75) is 18.9 Å². The van der Waals surface area contributed by atoms with Gasteiger partial charge in [-0.15, -0.1) is 0 Å². The molecular weight excluding hydrogens is 326 g/mol. The Labute approximate surface area is 147 Å². The van der Waals surface area contributed by atoms with E-state index in [4.69, 9.17) is 14.2 Å². The fourth-order valence-corrected chi connectivity index (χ4v) is 2.70. The Morgan fingerprint density at radius 2 is 2.00 bits per heavy atom. The summed E-state index contributed by atoms with van der Waals surface area (Å²) in [6.07, 6.45) is 1.01. The van der Waals surface area contributed by atoms with E-state index in [9.17, 15) is 9.59 Å². The van der Waals surface area contributed by atoms with Gasteiger partial charge in [0, 0.05) is 45.0 Å². The summed E-state index contributed by atoms with van der Waals surface area (Å²) in [5.74, 6) is 1.11. The fraction of sp³-hybridized carbons (Fsp3) is 0.529. The molecule has 8 heteroatoms. The Kier molecular flexibility index (Phi) is 6.88. The van der Waals surface area contributed by atoms with Crippen LogP contribution >= 0.6 is 0 Å². The number of amides is 3. The van der Waals surface area contributed by atoms with Crippen molar-refractivity contribution in [1.82, 2.24) is 10.6 Å². The van der Waals surface area contributed by atoms with Crippen molar-refractivity contribution in [1.29, 1.82) is 0 Å². The average molecular weight is 351 g/mol. The first-order valence-electron chi connectivity index (χ1n) is 8.14. The highest BCUT2D eigenvalue weighted by molar-refractivity contribution is 5.97. The number of methoxy groups -OCH3 is 3. The molecule has 1 heterocycles. The molecule has 2 N–H and O–H groups in total. The minimum Gasteiger partial charge on any atom is -0.493 e. The molecule has 1 aliphatic rings. The van der Waals surface area contributed by atoms with Crippen molar-refractivity contribution in [3.8, 4) is 11.5 Å². The van der Waals surface area contributed by atoms with Crippen LogP contribution in [0.5, 0.6) is 11.5 Å². The van der Waals surface area contributed by atoms with Crippen LogP contribution in [0.1, 0.15) is 12.8 Å². The van der Waals surface area contributed by atoms with Gasteiger partial charge in [0.05, 0.1) is 20.3 Å². The number of ether oxygens (including phenoxy) is 3. The average Bonchev–Trinajstić information content (AvgIpc) is 2.98. The van der Waals surface area contributed by atoms with Gasteiger partial charge in [0.25, 0.3) is 0 Å². The first-order valence-corrected chi connectivity index (χ1v) is 8.14. The molecule has 1 aliphatic heterocycles. The second kappa shape index (κ2) is 9.12. The van der Waals surface area contributed by atoms with Gasteiger partial charge in [-0.2, -0.15) is 0 Å². The maximum Gasteiger partial charge on any atom is 0.315 e. The SMILES string of the molecule is COCCCNC(=O)N[C@@H]1CC(=O)N(c2ccc(OC)c(OC)c2)C1. The number of anilines is 1. The Morgan fingerprint density at radius 1 is 1.24 bits per heavy atom. The summed E-state index contributed by atoms with van der Waals surface area (Å²) >= 11 is 0. The molecule has 0 aromatic heterocycles. The number of nitrogens with one attached hydrogen (secondary N) is 2. The van der Waals surface area contributed by atoms with Crippen molar-refractivity contribution < 1.29 is 23.8 Å². The van der Waals surface area contributed by atoms with Gasteiger partial charge in [-0.05, 0) is 18.6 Å². The molecule has 0 saturated carbocycles. The highest BCUT2D eigenvalue weighted by Gasteiger charge is 2.32. The topological polar surface area (TPSA) is 89.1 Å². The van der Waals surface area contributed by atoms with Crippen LogP contribution in [0, 0.1) is 0 Å². The smallest absolute Gasteiger partial charge is 0.315 e. The summed E-state index contributed by atoms with van der Waals surface area (Å²) in [6.45, 7) is 1.54. The molecule has 138 valence electrons. The van der Waals surface area contributed by atoms with Crippen molar-refractivity contribution in [3.05, 3.63) is 18.2 Å². The molecule has 25 heavy (non-hydrogen) atoms. The highest BCUT2D eigenvalue weighted by atomic mass is 16.5. The lowest BCUT2D eigenvalue weighted by Gasteiger charge is -2.19. The third-order valence-corrected chi connectivity index (χ3v) is 3.95. The van der Waals surface area contributed by atoms with Crippen LogP contribution in [-0.2, 0) is 9.53 Å². The zero-order valence-corrected chi connectivity index (χ0v) is 14.8. The van der Waals surface area contributed by atoms with E-state index in [1.54, 1.807) is 44.4 Å². The van der Waals surface area contributed by atoms with Gasteiger partial charge in [-0.1, -0.05) is 0 Å². The van der Waals surface area contributed by atoms with E-state index >= 15 is 0 Å². The largest absolute Gasteiger partial charge is 0.493 e. The normalized spacial score (nSPS) is 16.7. The molecule has 0 unspecified atom stereocenters. The maximum absolute atomic E-state index is 12.3. The van der Waals surface area contributed by atoms with Crippen molar-refractivity contribution in [3.63, 3.8) is 0 Å². The molecule has 1 saturated heterocycles. The second-order valence-electron chi connectivity index (χ2n) is 5.69. The molecule has 1 aromatic rings. The van der Waals surface area contributed by atoms with Gasteiger partial charge >= 0.3 is 6.03 Å². The standard InChI is InChI=1S/C17H25N3O5/c1-23-8-4-7-18-17(22)19-12-9-16(21)20(11-12)13-5-6-14(24-2)15(10-13)25-3/h5-6,10,12H,4,7-9,11H2,1-3H3,(H2,18,19,22)/t12-/m1/s1. The number of hydrogen-bond acceptors (Lipinski definition) is 5. The van der Waals surface area contributed by atoms with Crippen LogP contribution in [0.4, 0.5) is 10.5 Å². The molecular formula is C17H25N3O5. The number of benzene rings is 1. The van der Waals surface area contributed by atoms with E-state index in [1.165, 1.54) is 0 Å². The predicted molar refractivity (Wildman–Crippen MR) is 93.3 cm³/mol. The van der Waals surface area contributed by atoms with Crippen molar-refractivity contribution in [2.24, 2.45) is 0 Å². The van der Waals surface area contributed by atoms with Crippen molar-refractivity contribution in [2.75, 3.05) is 45.9 Å². The fourth-order valence-electron chi connectivity index (χ4n) is 2.70. The van der Waals surface area contributed by atoms with Gasteiger partial charge < -0.3 is 29.7 Å². The summed E-state index contributed by atoms with van der Waals surface area (Å²) < 4.78 is 15.4. The van der Waals surface area contributed by atoms with Crippen LogP contribution in [0.3, 0.4) is 0 Å². The van der Waals surface area contributed by atoms with E-state index in [0.717, 1.165) is 6.42 Å². The molecule has 0 bridgehead atoms. The van der Waals surface area contributed by atoms with E-state index in [-0.39, 0.29) is 24.4 Å². The van der Waals surface area contributed by atoms with E-state index in [0.29, 0.717) is 36.9 Å².